The zero-order valence-electron chi connectivity index (χ0n) is 9.60. The lowest BCUT2D eigenvalue weighted by atomic mass is 10.3. The van der Waals surface area contributed by atoms with Crippen molar-refractivity contribution in [3.63, 3.8) is 0 Å². The molecule has 8 heteroatoms. The molecule has 2 amide bonds. The van der Waals surface area contributed by atoms with Crippen LogP contribution >= 0.6 is 35.0 Å². The molecule has 1 atom stereocenters. The number of benzene rings is 1. The number of amides is 2. The van der Waals surface area contributed by atoms with E-state index in [9.17, 15) is 9.59 Å². The van der Waals surface area contributed by atoms with Gasteiger partial charge in [-0.05, 0) is 12.1 Å². The van der Waals surface area contributed by atoms with Crippen LogP contribution in [-0.4, -0.2) is 39.7 Å². The Kier molecular flexibility index (Phi) is 4.44. The van der Waals surface area contributed by atoms with Crippen LogP contribution in [0.3, 0.4) is 0 Å². The highest BCUT2D eigenvalue weighted by Crippen LogP contribution is 2.30. The summed E-state index contributed by atoms with van der Waals surface area (Å²) in [6.07, 6.45) is 0. The Morgan fingerprint density at radius 3 is 2.84 bits per heavy atom. The number of aliphatic carboxylic acids is 1. The Labute approximate surface area is 123 Å². The predicted octanol–water partition coefficient (Wildman–Crippen LogP) is 2.98. The summed E-state index contributed by atoms with van der Waals surface area (Å²) in [4.78, 5) is 24.3. The molecule has 2 rings (SSSR count). The minimum absolute atomic E-state index is 0.233. The average molecular weight is 321 g/mol. The van der Waals surface area contributed by atoms with Gasteiger partial charge in [0.15, 0.2) is 0 Å². The van der Waals surface area contributed by atoms with Crippen molar-refractivity contribution in [1.82, 2.24) is 4.90 Å². The second kappa shape index (κ2) is 5.90. The number of thioether (sulfide) groups is 1. The van der Waals surface area contributed by atoms with Crippen LogP contribution < -0.4 is 5.32 Å². The van der Waals surface area contributed by atoms with Gasteiger partial charge in [0.1, 0.15) is 6.04 Å². The summed E-state index contributed by atoms with van der Waals surface area (Å²) in [5.41, 5.74) is 0.361. The molecule has 1 unspecified atom stereocenters. The van der Waals surface area contributed by atoms with Gasteiger partial charge < -0.3 is 15.3 Å². The minimum Gasteiger partial charge on any atom is -0.480 e. The third-order valence-corrected chi connectivity index (χ3v) is 4.45. The van der Waals surface area contributed by atoms with E-state index in [0.717, 1.165) is 0 Å². The second-order valence-electron chi connectivity index (χ2n) is 3.86. The van der Waals surface area contributed by atoms with Crippen molar-refractivity contribution in [3.05, 3.63) is 28.2 Å². The van der Waals surface area contributed by atoms with Crippen molar-refractivity contribution >= 4 is 52.7 Å². The first-order valence-corrected chi connectivity index (χ1v) is 7.24. The molecule has 1 saturated heterocycles. The van der Waals surface area contributed by atoms with Crippen LogP contribution in [0.5, 0.6) is 0 Å². The number of carboxylic acids is 1. The van der Waals surface area contributed by atoms with Crippen molar-refractivity contribution in [2.24, 2.45) is 0 Å². The lowest BCUT2D eigenvalue weighted by Crippen LogP contribution is -2.44. The summed E-state index contributed by atoms with van der Waals surface area (Å²) in [7, 11) is 0. The van der Waals surface area contributed by atoms with Crippen LogP contribution in [0.25, 0.3) is 0 Å². The third-order valence-electron chi connectivity index (χ3n) is 2.62. The van der Waals surface area contributed by atoms with Crippen LogP contribution in [0.15, 0.2) is 18.2 Å². The van der Waals surface area contributed by atoms with Gasteiger partial charge in [-0.2, -0.15) is 0 Å². The molecule has 0 saturated carbocycles. The summed E-state index contributed by atoms with van der Waals surface area (Å²) >= 11 is 13.2. The lowest BCUT2D eigenvalue weighted by molar-refractivity contribution is -0.140. The van der Waals surface area contributed by atoms with Crippen molar-refractivity contribution in [1.29, 1.82) is 0 Å². The van der Waals surface area contributed by atoms with Gasteiger partial charge in [0, 0.05) is 5.75 Å². The van der Waals surface area contributed by atoms with E-state index < -0.39 is 18.0 Å². The van der Waals surface area contributed by atoms with Crippen LogP contribution in [0.4, 0.5) is 10.5 Å². The fourth-order valence-corrected chi connectivity index (χ4v) is 3.13. The first-order chi connectivity index (χ1) is 9.00. The first kappa shape index (κ1) is 14.3. The van der Waals surface area contributed by atoms with Crippen LogP contribution in [0, 0.1) is 0 Å². The maximum atomic E-state index is 12.0. The largest absolute Gasteiger partial charge is 0.480 e. The number of urea groups is 1. The normalized spacial score (nSPS) is 18.4. The van der Waals surface area contributed by atoms with Gasteiger partial charge in [0.05, 0.1) is 21.6 Å². The molecule has 2 N–H and O–H groups in total. The maximum Gasteiger partial charge on any atom is 0.327 e. The predicted molar refractivity (Wildman–Crippen MR) is 76.1 cm³/mol. The third kappa shape index (κ3) is 3.08. The number of rotatable bonds is 2. The number of nitrogens with zero attached hydrogens (tertiary/aromatic N) is 1. The SMILES string of the molecule is O=C(O)C1CSCN1C(=O)Nc1cccc(Cl)c1Cl. The molecule has 1 heterocycles. The molecule has 1 aromatic rings. The van der Waals surface area contributed by atoms with Crippen molar-refractivity contribution in [3.8, 4) is 0 Å². The molecule has 0 bridgehead atoms. The molecule has 0 radical (unpaired) electrons. The Morgan fingerprint density at radius 1 is 1.42 bits per heavy atom. The highest BCUT2D eigenvalue weighted by Gasteiger charge is 2.34. The minimum atomic E-state index is -1.02. The quantitative estimate of drug-likeness (QED) is 0.878. The molecule has 1 fully saturated rings. The standard InChI is InChI=1S/C11H10Cl2N2O3S/c12-6-2-1-3-7(9(6)13)14-11(18)15-5-19-4-8(15)10(16)17/h1-3,8H,4-5H2,(H,14,18)(H,16,17). The van der Waals surface area contributed by atoms with Crippen molar-refractivity contribution in [2.45, 2.75) is 6.04 Å². The number of halogens is 2. The fraction of sp³-hybridized carbons (Fsp3) is 0.273. The highest BCUT2D eigenvalue weighted by molar-refractivity contribution is 7.99. The summed E-state index contributed by atoms with van der Waals surface area (Å²) in [5.74, 6) is -0.301. The molecule has 0 aromatic heterocycles. The summed E-state index contributed by atoms with van der Waals surface area (Å²) in [6.45, 7) is 0. The van der Waals surface area contributed by atoms with E-state index in [1.807, 2.05) is 0 Å². The molecule has 102 valence electrons. The second-order valence-corrected chi connectivity index (χ2v) is 5.64. The first-order valence-electron chi connectivity index (χ1n) is 5.33. The summed E-state index contributed by atoms with van der Waals surface area (Å²) in [5, 5.41) is 12.1. The number of anilines is 1. The van der Waals surface area contributed by atoms with Crippen LogP contribution in [-0.2, 0) is 4.79 Å². The van der Waals surface area contributed by atoms with Gasteiger partial charge >= 0.3 is 12.0 Å². The maximum absolute atomic E-state index is 12.0. The van der Waals surface area contributed by atoms with Crippen molar-refractivity contribution < 1.29 is 14.7 Å². The number of hydrogen-bond acceptors (Lipinski definition) is 3. The smallest absolute Gasteiger partial charge is 0.327 e. The molecule has 5 nitrogen and oxygen atoms in total. The summed E-state index contributed by atoms with van der Waals surface area (Å²) < 4.78 is 0. The van der Waals surface area contributed by atoms with Gasteiger partial charge in [-0.3, -0.25) is 0 Å². The molecule has 1 aliphatic heterocycles. The molecule has 0 spiro atoms. The number of carboxylic acid groups (broad SMARTS) is 1. The molecule has 0 aliphatic carbocycles. The molecular formula is C11H10Cl2N2O3S. The zero-order chi connectivity index (χ0) is 14.0. The Hall–Kier alpha value is -1.11. The number of nitrogens with one attached hydrogen (secondary N) is 1. The van der Waals surface area contributed by atoms with Gasteiger partial charge in [-0.25, -0.2) is 9.59 Å². The Morgan fingerprint density at radius 2 is 2.16 bits per heavy atom. The van der Waals surface area contributed by atoms with E-state index in [2.05, 4.69) is 5.32 Å². The van der Waals surface area contributed by atoms with Crippen molar-refractivity contribution in [2.75, 3.05) is 16.9 Å². The van der Waals surface area contributed by atoms with E-state index in [4.69, 9.17) is 28.3 Å². The van der Waals surface area contributed by atoms with E-state index in [0.29, 0.717) is 22.3 Å². The topological polar surface area (TPSA) is 69.6 Å². The average Bonchev–Trinajstić information content (AvgIpc) is 2.84. The lowest BCUT2D eigenvalue weighted by Gasteiger charge is -2.21. The van der Waals surface area contributed by atoms with E-state index in [-0.39, 0.29) is 5.02 Å². The highest BCUT2D eigenvalue weighted by atomic mass is 35.5. The molecule has 19 heavy (non-hydrogen) atoms. The van der Waals surface area contributed by atoms with Crippen LogP contribution in [0.2, 0.25) is 10.0 Å². The molecule has 1 aromatic carbocycles. The molecular weight excluding hydrogens is 311 g/mol. The van der Waals surface area contributed by atoms with Crippen LogP contribution in [0.1, 0.15) is 0 Å². The zero-order valence-corrected chi connectivity index (χ0v) is 11.9. The summed E-state index contributed by atoms with van der Waals surface area (Å²) in [6, 6.07) is 3.54. The molecule has 1 aliphatic rings. The fourth-order valence-electron chi connectivity index (χ4n) is 1.63. The van der Waals surface area contributed by atoms with E-state index in [1.54, 1.807) is 18.2 Å². The van der Waals surface area contributed by atoms with Gasteiger partial charge in [-0.1, -0.05) is 29.3 Å². The Bertz CT molecular complexity index is 527. The van der Waals surface area contributed by atoms with E-state index >= 15 is 0 Å². The Balaban J connectivity index is 2.13. The monoisotopic (exact) mass is 320 g/mol. The number of hydrogen-bond donors (Lipinski definition) is 2. The van der Waals surface area contributed by atoms with E-state index in [1.165, 1.54) is 16.7 Å². The van der Waals surface area contributed by atoms with Gasteiger partial charge in [0.25, 0.3) is 0 Å². The number of carbonyl (C=O) groups excluding carboxylic acids is 1. The van der Waals surface area contributed by atoms with Gasteiger partial charge in [-0.15, -0.1) is 11.8 Å². The number of carbonyl (C=O) groups is 2. The van der Waals surface area contributed by atoms with Gasteiger partial charge in [0.2, 0.25) is 0 Å².